The van der Waals surface area contributed by atoms with Gasteiger partial charge in [0, 0.05) is 18.3 Å². The number of hydrogen-bond donors (Lipinski definition) is 1. The average Bonchev–Trinajstić information content (AvgIpc) is 3.42. The van der Waals surface area contributed by atoms with E-state index in [2.05, 4.69) is 19.2 Å². The lowest BCUT2D eigenvalue weighted by Gasteiger charge is -2.32. The van der Waals surface area contributed by atoms with Crippen LogP contribution in [0.3, 0.4) is 0 Å². The molecule has 0 spiro atoms. The fourth-order valence-corrected chi connectivity index (χ4v) is 4.70. The first-order chi connectivity index (χ1) is 19.4. The van der Waals surface area contributed by atoms with Crippen molar-refractivity contribution in [3.63, 3.8) is 0 Å². The lowest BCUT2D eigenvalue weighted by atomic mass is 9.97. The normalized spacial score (nSPS) is 12.7. The maximum Gasteiger partial charge on any atom is 0.251 e. The molecule has 1 N–H and O–H groups in total. The van der Waals surface area contributed by atoms with E-state index in [0.717, 1.165) is 11.1 Å². The number of amides is 2. The minimum atomic E-state index is -0.951. The van der Waals surface area contributed by atoms with Crippen molar-refractivity contribution in [2.24, 2.45) is 0 Å². The van der Waals surface area contributed by atoms with Crippen LogP contribution in [0.1, 0.15) is 48.1 Å². The van der Waals surface area contributed by atoms with Crippen molar-refractivity contribution < 1.29 is 23.5 Å². The molecule has 0 aromatic heterocycles. The van der Waals surface area contributed by atoms with Gasteiger partial charge in [0.2, 0.25) is 12.7 Å². The Balaban J connectivity index is 1.53. The van der Waals surface area contributed by atoms with E-state index < -0.39 is 6.04 Å². The molecule has 0 aliphatic carbocycles. The standard InChI is InChI=1S/C33H31FN2O4/c1-22(2)25-10-12-26(13-11-25)32(33(38)35-28-16-17-29-30(19-28)40-21-39-29)36(20-24-8-14-27(34)15-9-24)31(37)18-23-6-4-3-5-7-23/h3-17,19,22,32H,18,20-21H2,1-2H3,(H,35,38). The summed E-state index contributed by atoms with van der Waals surface area (Å²) in [5, 5.41) is 2.97. The van der Waals surface area contributed by atoms with Gasteiger partial charge in [-0.05, 0) is 52.4 Å². The van der Waals surface area contributed by atoms with E-state index in [0.29, 0.717) is 34.2 Å². The van der Waals surface area contributed by atoms with Gasteiger partial charge in [0.1, 0.15) is 11.9 Å². The number of halogens is 1. The van der Waals surface area contributed by atoms with Crippen molar-refractivity contribution in [1.82, 2.24) is 4.90 Å². The highest BCUT2D eigenvalue weighted by Crippen LogP contribution is 2.35. The molecule has 4 aromatic carbocycles. The Labute approximate surface area is 233 Å². The number of nitrogens with zero attached hydrogens (tertiary/aromatic N) is 1. The first-order valence-corrected chi connectivity index (χ1v) is 13.3. The molecule has 6 nitrogen and oxygen atoms in total. The van der Waals surface area contributed by atoms with Crippen LogP contribution in [-0.2, 0) is 22.6 Å². The summed E-state index contributed by atoms with van der Waals surface area (Å²) < 4.78 is 24.6. The summed E-state index contributed by atoms with van der Waals surface area (Å²) in [6.45, 7) is 4.44. The summed E-state index contributed by atoms with van der Waals surface area (Å²) in [5.74, 6) is 0.486. The summed E-state index contributed by atoms with van der Waals surface area (Å²) >= 11 is 0. The van der Waals surface area contributed by atoms with Crippen molar-refractivity contribution >= 4 is 17.5 Å². The van der Waals surface area contributed by atoms with Crippen LogP contribution in [0.15, 0.2) is 97.1 Å². The van der Waals surface area contributed by atoms with Crippen LogP contribution in [0.25, 0.3) is 0 Å². The molecule has 0 fully saturated rings. The number of ether oxygens (including phenoxy) is 2. The minimum absolute atomic E-state index is 0.111. The fraction of sp³-hybridized carbons (Fsp3) is 0.212. The highest BCUT2D eigenvalue weighted by molar-refractivity contribution is 5.98. The Morgan fingerprint density at radius 3 is 2.20 bits per heavy atom. The molecule has 1 unspecified atom stereocenters. The van der Waals surface area contributed by atoms with Crippen molar-refractivity contribution in [2.45, 2.75) is 38.8 Å². The number of fused-ring (bicyclic) bond motifs is 1. The number of hydrogen-bond acceptors (Lipinski definition) is 4. The molecule has 1 atom stereocenters. The minimum Gasteiger partial charge on any atom is -0.454 e. The van der Waals surface area contributed by atoms with Crippen molar-refractivity contribution in [1.29, 1.82) is 0 Å². The number of carbonyl (C=O) groups excluding carboxylic acids is 2. The summed E-state index contributed by atoms with van der Waals surface area (Å²) in [5.41, 5.74) is 3.87. The van der Waals surface area contributed by atoms with Gasteiger partial charge >= 0.3 is 0 Å². The molecule has 0 saturated carbocycles. The highest BCUT2D eigenvalue weighted by atomic mass is 19.1. The van der Waals surface area contributed by atoms with Gasteiger partial charge in [0.25, 0.3) is 5.91 Å². The number of nitrogens with one attached hydrogen (secondary N) is 1. The lowest BCUT2D eigenvalue weighted by Crippen LogP contribution is -2.41. The van der Waals surface area contributed by atoms with E-state index in [1.165, 1.54) is 12.1 Å². The molecule has 1 aliphatic rings. The summed E-state index contributed by atoms with van der Waals surface area (Å²) in [6.07, 6.45) is 0.111. The van der Waals surface area contributed by atoms with Crippen molar-refractivity contribution in [3.8, 4) is 11.5 Å². The quantitative estimate of drug-likeness (QED) is 0.260. The van der Waals surface area contributed by atoms with E-state index in [1.54, 1.807) is 35.2 Å². The number of benzene rings is 4. The zero-order valence-electron chi connectivity index (χ0n) is 22.5. The van der Waals surface area contributed by atoms with Crippen LogP contribution in [0.4, 0.5) is 10.1 Å². The van der Waals surface area contributed by atoms with Crippen LogP contribution < -0.4 is 14.8 Å². The Morgan fingerprint density at radius 1 is 0.825 bits per heavy atom. The van der Waals surface area contributed by atoms with E-state index in [-0.39, 0.29) is 37.4 Å². The molecule has 0 bridgehead atoms. The molecule has 7 heteroatoms. The third-order valence-electron chi connectivity index (χ3n) is 6.90. The molecule has 5 rings (SSSR count). The second-order valence-electron chi connectivity index (χ2n) is 10.1. The number of anilines is 1. The SMILES string of the molecule is CC(C)c1ccc(C(C(=O)Nc2ccc3c(c2)OCO3)N(Cc2ccc(F)cc2)C(=O)Cc2ccccc2)cc1. The van der Waals surface area contributed by atoms with Crippen molar-refractivity contribution in [3.05, 3.63) is 125 Å². The van der Waals surface area contributed by atoms with Gasteiger partial charge in [-0.15, -0.1) is 0 Å². The van der Waals surface area contributed by atoms with Gasteiger partial charge in [-0.1, -0.05) is 80.6 Å². The monoisotopic (exact) mass is 538 g/mol. The Bertz CT molecular complexity index is 1470. The van der Waals surface area contributed by atoms with Gasteiger partial charge in [0.05, 0.1) is 6.42 Å². The van der Waals surface area contributed by atoms with Crippen LogP contribution in [0, 0.1) is 5.82 Å². The molecule has 1 aliphatic heterocycles. The van der Waals surface area contributed by atoms with E-state index in [1.807, 2.05) is 54.6 Å². The summed E-state index contributed by atoms with van der Waals surface area (Å²) in [7, 11) is 0. The van der Waals surface area contributed by atoms with Crippen LogP contribution in [0.2, 0.25) is 0 Å². The van der Waals surface area contributed by atoms with E-state index >= 15 is 0 Å². The first-order valence-electron chi connectivity index (χ1n) is 13.3. The summed E-state index contributed by atoms with van der Waals surface area (Å²) in [6, 6.07) is 27.4. The van der Waals surface area contributed by atoms with Gasteiger partial charge in [0.15, 0.2) is 11.5 Å². The van der Waals surface area contributed by atoms with Gasteiger partial charge in [-0.2, -0.15) is 0 Å². The second-order valence-corrected chi connectivity index (χ2v) is 10.1. The summed E-state index contributed by atoms with van der Waals surface area (Å²) in [4.78, 5) is 29.5. The average molecular weight is 539 g/mol. The smallest absolute Gasteiger partial charge is 0.251 e. The van der Waals surface area contributed by atoms with Crippen LogP contribution in [0.5, 0.6) is 11.5 Å². The van der Waals surface area contributed by atoms with Gasteiger partial charge in [-0.3, -0.25) is 9.59 Å². The molecule has 4 aromatic rings. The Hall–Kier alpha value is -4.65. The molecule has 40 heavy (non-hydrogen) atoms. The van der Waals surface area contributed by atoms with Crippen molar-refractivity contribution in [2.75, 3.05) is 12.1 Å². The molecular weight excluding hydrogens is 507 g/mol. The molecule has 204 valence electrons. The highest BCUT2D eigenvalue weighted by Gasteiger charge is 2.32. The van der Waals surface area contributed by atoms with Gasteiger partial charge < -0.3 is 19.7 Å². The first kappa shape index (κ1) is 26.9. The van der Waals surface area contributed by atoms with Crippen LogP contribution in [-0.4, -0.2) is 23.5 Å². The van der Waals surface area contributed by atoms with Crippen LogP contribution >= 0.6 is 0 Å². The predicted octanol–water partition coefficient (Wildman–Crippen LogP) is 6.63. The molecular formula is C33H31FN2O4. The Morgan fingerprint density at radius 2 is 1.50 bits per heavy atom. The number of carbonyl (C=O) groups is 2. The maximum absolute atomic E-state index is 14.0. The Kier molecular flexibility index (Phi) is 8.10. The van der Waals surface area contributed by atoms with Gasteiger partial charge in [-0.25, -0.2) is 4.39 Å². The van der Waals surface area contributed by atoms with E-state index in [9.17, 15) is 14.0 Å². The molecule has 2 amide bonds. The maximum atomic E-state index is 14.0. The third kappa shape index (κ3) is 6.31. The number of rotatable bonds is 9. The molecule has 0 saturated heterocycles. The lowest BCUT2D eigenvalue weighted by molar-refractivity contribution is -0.139. The second kappa shape index (κ2) is 12.0. The zero-order valence-corrected chi connectivity index (χ0v) is 22.5. The largest absolute Gasteiger partial charge is 0.454 e. The third-order valence-corrected chi connectivity index (χ3v) is 6.90. The molecule has 0 radical (unpaired) electrons. The topological polar surface area (TPSA) is 67.9 Å². The zero-order chi connectivity index (χ0) is 28.1. The molecule has 1 heterocycles. The van der Waals surface area contributed by atoms with E-state index in [4.69, 9.17) is 9.47 Å². The fourth-order valence-electron chi connectivity index (χ4n) is 4.70. The predicted molar refractivity (Wildman–Crippen MR) is 152 cm³/mol.